The molecule has 0 atom stereocenters. The summed E-state index contributed by atoms with van der Waals surface area (Å²) in [6.45, 7) is 10.4. The van der Waals surface area contributed by atoms with Gasteiger partial charge in [-0.15, -0.1) is 0 Å². The van der Waals surface area contributed by atoms with Crippen molar-refractivity contribution < 1.29 is 14.3 Å². The molecule has 6 heteroatoms. The Balaban J connectivity index is 3.69. The van der Waals surface area contributed by atoms with E-state index in [4.69, 9.17) is 4.74 Å². The van der Waals surface area contributed by atoms with Crippen LogP contribution in [0.2, 0.25) is 0 Å². The fourth-order valence-electron chi connectivity index (χ4n) is 2.03. The van der Waals surface area contributed by atoms with Crippen molar-refractivity contribution >= 4 is 11.9 Å². The maximum atomic E-state index is 11.0. The zero-order valence-electron chi connectivity index (χ0n) is 16.0. The number of nitrogens with one attached hydrogen (secondary N) is 2. The fraction of sp³-hybridized carbons (Fsp3) is 0.889. The number of guanidine groups is 1. The molecule has 0 radical (unpaired) electrons. The first-order valence-electron chi connectivity index (χ1n) is 9.26. The molecule has 0 heterocycles. The van der Waals surface area contributed by atoms with Crippen molar-refractivity contribution in [3.05, 3.63) is 0 Å². The predicted molar refractivity (Wildman–Crippen MR) is 99.4 cm³/mol. The highest BCUT2D eigenvalue weighted by atomic mass is 16.5. The molecule has 0 unspecified atom stereocenters. The highest BCUT2D eigenvalue weighted by Crippen LogP contribution is 2.04. The summed E-state index contributed by atoms with van der Waals surface area (Å²) in [5, 5.41) is 6.52. The summed E-state index contributed by atoms with van der Waals surface area (Å²) in [6, 6.07) is 0. The second-order valence-electron chi connectivity index (χ2n) is 6.22. The molecule has 0 fully saturated rings. The Bertz CT molecular complexity index is 333. The molecule has 0 aliphatic carbocycles. The van der Waals surface area contributed by atoms with Crippen molar-refractivity contribution in [2.75, 3.05) is 40.0 Å². The highest BCUT2D eigenvalue weighted by molar-refractivity contribution is 5.79. The number of aliphatic imine (C=N–C) groups is 1. The Morgan fingerprint density at radius 3 is 2.50 bits per heavy atom. The number of carbonyl (C=O) groups is 1. The molecule has 0 bridgehead atoms. The smallest absolute Gasteiger partial charge is 0.305 e. The maximum absolute atomic E-state index is 11.0. The Morgan fingerprint density at radius 2 is 1.83 bits per heavy atom. The normalized spacial score (nSPS) is 11.6. The number of hydrogen-bond donors (Lipinski definition) is 2. The second-order valence-corrected chi connectivity index (χ2v) is 6.22. The molecule has 0 aliphatic rings. The molecule has 2 N–H and O–H groups in total. The molecule has 0 aromatic rings. The van der Waals surface area contributed by atoms with Gasteiger partial charge < -0.3 is 20.1 Å². The lowest BCUT2D eigenvalue weighted by Gasteiger charge is -2.12. The number of methoxy groups -OCH3 is 1. The zero-order valence-corrected chi connectivity index (χ0v) is 16.0. The molecule has 0 aromatic heterocycles. The van der Waals surface area contributed by atoms with E-state index < -0.39 is 0 Å². The first-order valence-corrected chi connectivity index (χ1v) is 9.26. The van der Waals surface area contributed by atoms with Crippen LogP contribution in [0.3, 0.4) is 0 Å². The third kappa shape index (κ3) is 15.6. The van der Waals surface area contributed by atoms with Gasteiger partial charge in [-0.1, -0.05) is 26.7 Å². The Hall–Kier alpha value is -1.30. The predicted octanol–water partition coefficient (Wildman–Crippen LogP) is 2.73. The van der Waals surface area contributed by atoms with Gasteiger partial charge in [-0.2, -0.15) is 0 Å². The van der Waals surface area contributed by atoms with Crippen molar-refractivity contribution in [2.45, 2.75) is 59.3 Å². The van der Waals surface area contributed by atoms with E-state index in [0.717, 1.165) is 64.3 Å². The van der Waals surface area contributed by atoms with Gasteiger partial charge in [-0.05, 0) is 32.1 Å². The van der Waals surface area contributed by atoms with E-state index in [0.29, 0.717) is 18.9 Å². The third-order valence-electron chi connectivity index (χ3n) is 3.51. The van der Waals surface area contributed by atoms with Gasteiger partial charge in [-0.25, -0.2) is 0 Å². The van der Waals surface area contributed by atoms with Gasteiger partial charge in [0.2, 0.25) is 0 Å². The van der Waals surface area contributed by atoms with Crippen molar-refractivity contribution in [3.8, 4) is 0 Å². The topological polar surface area (TPSA) is 72.0 Å². The van der Waals surface area contributed by atoms with Crippen LogP contribution < -0.4 is 10.6 Å². The van der Waals surface area contributed by atoms with E-state index in [9.17, 15) is 4.79 Å². The van der Waals surface area contributed by atoms with E-state index >= 15 is 0 Å². The number of nitrogens with zero attached hydrogens (tertiary/aromatic N) is 1. The first kappa shape index (κ1) is 22.7. The molecule has 0 aliphatic heterocycles. The molecular formula is C18H37N3O3. The molecule has 0 amide bonds. The highest BCUT2D eigenvalue weighted by Gasteiger charge is 2.00. The molecule has 0 spiro atoms. The van der Waals surface area contributed by atoms with Gasteiger partial charge in [0, 0.05) is 32.7 Å². The van der Waals surface area contributed by atoms with Crippen molar-refractivity contribution in [1.29, 1.82) is 0 Å². The number of hydrogen-bond acceptors (Lipinski definition) is 4. The maximum Gasteiger partial charge on any atom is 0.305 e. The zero-order chi connectivity index (χ0) is 18.0. The summed E-state index contributed by atoms with van der Waals surface area (Å²) >= 11 is 0. The molecule has 0 aromatic carbocycles. The van der Waals surface area contributed by atoms with Crippen molar-refractivity contribution in [3.63, 3.8) is 0 Å². The number of unbranched alkanes of at least 4 members (excludes halogenated alkanes) is 3. The molecule has 142 valence electrons. The van der Waals surface area contributed by atoms with E-state index in [1.54, 1.807) is 0 Å². The summed E-state index contributed by atoms with van der Waals surface area (Å²) < 4.78 is 10.2. The Labute approximate surface area is 147 Å². The Kier molecular flexibility index (Phi) is 15.7. The molecule has 24 heavy (non-hydrogen) atoms. The summed E-state index contributed by atoms with van der Waals surface area (Å²) in [5.74, 6) is 1.41. The minimum Gasteiger partial charge on any atom is -0.469 e. The van der Waals surface area contributed by atoms with Crippen LogP contribution in [0.1, 0.15) is 59.3 Å². The minimum atomic E-state index is -0.123. The van der Waals surface area contributed by atoms with Crippen LogP contribution in [0.25, 0.3) is 0 Å². The van der Waals surface area contributed by atoms with Crippen molar-refractivity contribution in [1.82, 2.24) is 10.6 Å². The largest absolute Gasteiger partial charge is 0.469 e. The van der Waals surface area contributed by atoms with Crippen molar-refractivity contribution in [2.24, 2.45) is 10.9 Å². The third-order valence-corrected chi connectivity index (χ3v) is 3.51. The van der Waals surface area contributed by atoms with Gasteiger partial charge in [0.1, 0.15) is 0 Å². The van der Waals surface area contributed by atoms with Gasteiger partial charge in [0.05, 0.1) is 13.7 Å². The lowest BCUT2D eigenvalue weighted by molar-refractivity contribution is -0.140. The van der Waals surface area contributed by atoms with Gasteiger partial charge in [0.15, 0.2) is 5.96 Å². The average molecular weight is 344 g/mol. The molecule has 0 saturated heterocycles. The van der Waals surface area contributed by atoms with Crippen LogP contribution in [-0.4, -0.2) is 51.9 Å². The van der Waals surface area contributed by atoms with E-state index in [1.165, 1.54) is 7.11 Å². The summed E-state index contributed by atoms with van der Waals surface area (Å²) in [4.78, 5) is 15.5. The molecule has 0 saturated carbocycles. The van der Waals surface area contributed by atoms with E-state index in [2.05, 4.69) is 41.1 Å². The average Bonchev–Trinajstić information content (AvgIpc) is 2.56. The van der Waals surface area contributed by atoms with E-state index in [1.807, 2.05) is 0 Å². The summed E-state index contributed by atoms with van der Waals surface area (Å²) in [6.07, 6.45) is 5.66. The van der Waals surface area contributed by atoms with Crippen LogP contribution in [-0.2, 0) is 14.3 Å². The monoisotopic (exact) mass is 343 g/mol. The van der Waals surface area contributed by atoms with Crippen LogP contribution in [0.15, 0.2) is 4.99 Å². The lowest BCUT2D eigenvalue weighted by Crippen LogP contribution is -2.39. The number of esters is 1. The number of carbonyl (C=O) groups excluding carboxylic acids is 1. The van der Waals surface area contributed by atoms with Crippen LogP contribution in [0.5, 0.6) is 0 Å². The minimum absolute atomic E-state index is 0.123. The number of rotatable bonds is 14. The summed E-state index contributed by atoms with van der Waals surface area (Å²) in [7, 11) is 1.43. The van der Waals surface area contributed by atoms with Gasteiger partial charge in [-0.3, -0.25) is 9.79 Å². The van der Waals surface area contributed by atoms with Gasteiger partial charge >= 0.3 is 5.97 Å². The van der Waals surface area contributed by atoms with Crippen LogP contribution in [0.4, 0.5) is 0 Å². The second kappa shape index (κ2) is 16.6. The van der Waals surface area contributed by atoms with E-state index in [-0.39, 0.29) is 5.97 Å². The molecule has 0 rings (SSSR count). The van der Waals surface area contributed by atoms with Crippen LogP contribution in [0, 0.1) is 5.92 Å². The number of ether oxygens (including phenoxy) is 2. The fourth-order valence-corrected chi connectivity index (χ4v) is 2.03. The van der Waals surface area contributed by atoms with Gasteiger partial charge in [0.25, 0.3) is 0 Å². The summed E-state index contributed by atoms with van der Waals surface area (Å²) in [5.41, 5.74) is 0. The SMILES string of the molecule is CCNC(=NCCCCCCC(=O)OC)NCCOCCC(C)C. The first-order chi connectivity index (χ1) is 11.6. The Morgan fingerprint density at radius 1 is 1.08 bits per heavy atom. The lowest BCUT2D eigenvalue weighted by atomic mass is 10.1. The quantitative estimate of drug-likeness (QED) is 0.220. The standard InChI is InChI=1S/C18H37N3O3/c1-5-19-18(21-13-15-24-14-11-16(2)3)20-12-9-7-6-8-10-17(22)23-4/h16H,5-15H2,1-4H3,(H2,19,20,21). The van der Waals surface area contributed by atoms with Crippen LogP contribution >= 0.6 is 0 Å². The molecule has 6 nitrogen and oxygen atoms in total. The molecular weight excluding hydrogens is 306 g/mol.